The standard InChI is InChI=1S/C22H23NO4/c1-14-10-22(11-14,20(24)25)13-23-21(26)27-12-19-17-8-4-2-6-15(17)16-7-3-5-9-18(16)19/h2-9,14,19H,10-13H2,1H3,(H,23,26)(H,24,25). The van der Waals surface area contributed by atoms with E-state index in [1.165, 1.54) is 11.1 Å². The highest BCUT2D eigenvalue weighted by Crippen LogP contribution is 2.46. The van der Waals surface area contributed by atoms with Crippen molar-refractivity contribution in [2.24, 2.45) is 11.3 Å². The van der Waals surface area contributed by atoms with Crippen molar-refractivity contribution in [3.05, 3.63) is 59.7 Å². The first-order valence-corrected chi connectivity index (χ1v) is 9.32. The number of hydrogen-bond donors (Lipinski definition) is 2. The molecule has 2 aliphatic carbocycles. The van der Waals surface area contributed by atoms with Gasteiger partial charge in [-0.05, 0) is 41.0 Å². The molecule has 140 valence electrons. The third kappa shape index (κ3) is 3.07. The second-order valence-electron chi connectivity index (χ2n) is 7.78. The number of benzene rings is 2. The quantitative estimate of drug-likeness (QED) is 0.839. The molecule has 0 aliphatic heterocycles. The lowest BCUT2D eigenvalue weighted by Crippen LogP contribution is -2.51. The number of amides is 1. The highest BCUT2D eigenvalue weighted by atomic mass is 16.5. The number of nitrogens with one attached hydrogen (secondary N) is 1. The number of ether oxygens (including phenoxy) is 1. The van der Waals surface area contributed by atoms with Crippen LogP contribution in [0.5, 0.6) is 0 Å². The van der Waals surface area contributed by atoms with Crippen LogP contribution in [-0.4, -0.2) is 30.3 Å². The van der Waals surface area contributed by atoms with E-state index in [9.17, 15) is 14.7 Å². The fraction of sp³-hybridized carbons (Fsp3) is 0.364. The Labute approximate surface area is 158 Å². The van der Waals surface area contributed by atoms with Gasteiger partial charge in [-0.1, -0.05) is 55.5 Å². The number of fused-ring (bicyclic) bond motifs is 3. The highest BCUT2D eigenvalue weighted by molar-refractivity contribution is 5.79. The van der Waals surface area contributed by atoms with E-state index in [-0.39, 0.29) is 19.1 Å². The first kappa shape index (κ1) is 17.6. The predicted octanol–water partition coefficient (Wildman–Crippen LogP) is 4.03. The molecule has 0 spiro atoms. The minimum absolute atomic E-state index is 0.000286. The summed E-state index contributed by atoms with van der Waals surface area (Å²) in [6, 6.07) is 16.3. The van der Waals surface area contributed by atoms with Crippen LogP contribution in [0.1, 0.15) is 36.8 Å². The Morgan fingerprint density at radius 2 is 1.63 bits per heavy atom. The molecule has 1 saturated carbocycles. The molecule has 5 nitrogen and oxygen atoms in total. The Hall–Kier alpha value is -2.82. The Morgan fingerprint density at radius 1 is 1.07 bits per heavy atom. The molecule has 1 amide bonds. The SMILES string of the molecule is CC1CC(CNC(=O)OCC2c3ccccc3-c3ccccc32)(C(=O)O)C1. The zero-order valence-corrected chi connectivity index (χ0v) is 15.3. The number of carbonyl (C=O) groups is 2. The summed E-state index contributed by atoms with van der Waals surface area (Å²) in [4.78, 5) is 23.7. The number of carbonyl (C=O) groups excluding carboxylic acids is 1. The second kappa shape index (κ2) is 6.72. The van der Waals surface area contributed by atoms with Crippen molar-refractivity contribution in [1.82, 2.24) is 5.32 Å². The van der Waals surface area contributed by atoms with E-state index < -0.39 is 17.5 Å². The number of alkyl carbamates (subject to hydrolysis) is 1. The lowest BCUT2D eigenvalue weighted by Gasteiger charge is -2.42. The van der Waals surface area contributed by atoms with Gasteiger partial charge in [0.1, 0.15) is 6.61 Å². The topological polar surface area (TPSA) is 75.6 Å². The van der Waals surface area contributed by atoms with Gasteiger partial charge in [-0.25, -0.2) is 4.79 Å². The molecule has 4 rings (SSSR count). The average Bonchev–Trinajstić information content (AvgIpc) is 2.96. The van der Waals surface area contributed by atoms with Crippen molar-refractivity contribution in [1.29, 1.82) is 0 Å². The van der Waals surface area contributed by atoms with Crippen molar-refractivity contribution in [2.75, 3.05) is 13.2 Å². The lowest BCUT2D eigenvalue weighted by atomic mass is 9.62. The molecular formula is C22H23NO4. The highest BCUT2D eigenvalue weighted by Gasteiger charge is 2.48. The van der Waals surface area contributed by atoms with E-state index in [0.717, 1.165) is 11.1 Å². The van der Waals surface area contributed by atoms with Crippen LogP contribution in [0.2, 0.25) is 0 Å². The largest absolute Gasteiger partial charge is 0.481 e. The predicted molar refractivity (Wildman–Crippen MR) is 102 cm³/mol. The number of hydrogen-bond acceptors (Lipinski definition) is 3. The summed E-state index contributed by atoms with van der Waals surface area (Å²) >= 11 is 0. The van der Waals surface area contributed by atoms with Crippen molar-refractivity contribution >= 4 is 12.1 Å². The Bertz CT molecular complexity index is 840. The fourth-order valence-electron chi connectivity index (χ4n) is 4.56. The van der Waals surface area contributed by atoms with Crippen LogP contribution >= 0.6 is 0 Å². The molecule has 0 aromatic heterocycles. The van der Waals surface area contributed by atoms with Crippen LogP contribution in [-0.2, 0) is 9.53 Å². The maximum atomic E-state index is 12.2. The van der Waals surface area contributed by atoms with Crippen molar-refractivity contribution in [3.8, 4) is 11.1 Å². The fourth-order valence-corrected chi connectivity index (χ4v) is 4.56. The summed E-state index contributed by atoms with van der Waals surface area (Å²) in [6.07, 6.45) is 0.620. The van der Waals surface area contributed by atoms with Crippen LogP contribution < -0.4 is 5.32 Å². The van der Waals surface area contributed by atoms with E-state index in [4.69, 9.17) is 4.74 Å². The minimum Gasteiger partial charge on any atom is -0.481 e. The monoisotopic (exact) mass is 365 g/mol. The first-order valence-electron chi connectivity index (χ1n) is 9.32. The maximum Gasteiger partial charge on any atom is 0.407 e. The summed E-state index contributed by atoms with van der Waals surface area (Å²) in [5, 5.41) is 12.1. The summed E-state index contributed by atoms with van der Waals surface area (Å²) in [5.74, 6) is -0.467. The van der Waals surface area contributed by atoms with Crippen LogP contribution in [0.3, 0.4) is 0 Å². The Kier molecular flexibility index (Phi) is 4.38. The third-order valence-electron chi connectivity index (χ3n) is 5.85. The number of rotatable bonds is 5. The zero-order valence-electron chi connectivity index (χ0n) is 15.3. The molecule has 0 unspecified atom stereocenters. The Morgan fingerprint density at radius 3 is 2.15 bits per heavy atom. The van der Waals surface area contributed by atoms with Gasteiger partial charge < -0.3 is 15.2 Å². The van der Waals surface area contributed by atoms with Crippen LogP contribution in [0.15, 0.2) is 48.5 Å². The zero-order chi connectivity index (χ0) is 19.0. The van der Waals surface area contributed by atoms with Crippen molar-refractivity contribution in [3.63, 3.8) is 0 Å². The second-order valence-corrected chi connectivity index (χ2v) is 7.78. The molecule has 5 heteroatoms. The van der Waals surface area contributed by atoms with E-state index in [1.54, 1.807) is 0 Å². The number of aliphatic carboxylic acids is 1. The van der Waals surface area contributed by atoms with E-state index in [0.29, 0.717) is 18.8 Å². The lowest BCUT2D eigenvalue weighted by molar-refractivity contribution is -0.157. The van der Waals surface area contributed by atoms with Gasteiger partial charge in [0, 0.05) is 12.5 Å². The molecule has 2 aromatic carbocycles. The molecule has 1 fully saturated rings. The molecule has 0 bridgehead atoms. The van der Waals surface area contributed by atoms with Gasteiger partial charge >= 0.3 is 12.1 Å². The molecular weight excluding hydrogens is 342 g/mol. The Balaban J connectivity index is 1.40. The molecule has 2 aliphatic rings. The van der Waals surface area contributed by atoms with Gasteiger partial charge in [-0.15, -0.1) is 0 Å². The molecule has 0 saturated heterocycles. The van der Waals surface area contributed by atoms with Crippen molar-refractivity contribution in [2.45, 2.75) is 25.7 Å². The van der Waals surface area contributed by atoms with Crippen LogP contribution in [0.4, 0.5) is 4.79 Å². The molecule has 2 N–H and O–H groups in total. The molecule has 0 heterocycles. The van der Waals surface area contributed by atoms with Gasteiger partial charge in [0.2, 0.25) is 0 Å². The molecule has 2 aromatic rings. The van der Waals surface area contributed by atoms with Gasteiger partial charge in [0.05, 0.1) is 5.41 Å². The van der Waals surface area contributed by atoms with Gasteiger partial charge in [-0.2, -0.15) is 0 Å². The number of carboxylic acids is 1. The maximum absolute atomic E-state index is 12.2. The molecule has 0 atom stereocenters. The van der Waals surface area contributed by atoms with Gasteiger partial charge in [0.25, 0.3) is 0 Å². The summed E-state index contributed by atoms with van der Waals surface area (Å²) in [7, 11) is 0. The average molecular weight is 365 g/mol. The molecule has 27 heavy (non-hydrogen) atoms. The summed E-state index contributed by atoms with van der Waals surface area (Å²) in [6.45, 7) is 2.37. The molecule has 0 radical (unpaired) electrons. The summed E-state index contributed by atoms with van der Waals surface area (Å²) in [5.41, 5.74) is 3.82. The summed E-state index contributed by atoms with van der Waals surface area (Å²) < 4.78 is 5.47. The van der Waals surface area contributed by atoms with E-state index in [2.05, 4.69) is 29.6 Å². The third-order valence-corrected chi connectivity index (χ3v) is 5.85. The number of carboxylic acid groups (broad SMARTS) is 1. The minimum atomic E-state index is -0.848. The van der Waals surface area contributed by atoms with Crippen LogP contribution in [0.25, 0.3) is 11.1 Å². The first-order chi connectivity index (χ1) is 13.0. The van der Waals surface area contributed by atoms with Gasteiger partial charge in [0.15, 0.2) is 0 Å². The van der Waals surface area contributed by atoms with E-state index in [1.807, 2.05) is 31.2 Å². The van der Waals surface area contributed by atoms with E-state index >= 15 is 0 Å². The van der Waals surface area contributed by atoms with Gasteiger partial charge in [-0.3, -0.25) is 4.79 Å². The smallest absolute Gasteiger partial charge is 0.407 e. The van der Waals surface area contributed by atoms with Crippen LogP contribution in [0, 0.1) is 11.3 Å². The van der Waals surface area contributed by atoms with Crippen molar-refractivity contribution < 1.29 is 19.4 Å². The normalized spacial score (nSPS) is 23.1.